The second kappa shape index (κ2) is 11.7. The molecule has 0 saturated heterocycles. The molecule has 0 atom stereocenters. The van der Waals surface area contributed by atoms with Crippen molar-refractivity contribution in [3.8, 4) is 79.4 Å². The maximum atomic E-state index is 6.66. The summed E-state index contributed by atoms with van der Waals surface area (Å²) in [7, 11) is 0. The van der Waals surface area contributed by atoms with Crippen molar-refractivity contribution in [3.05, 3.63) is 163 Å². The quantitative estimate of drug-likeness (QED) is 0.182. The van der Waals surface area contributed by atoms with Gasteiger partial charge in [-0.05, 0) is 64.2 Å². The van der Waals surface area contributed by atoms with Crippen molar-refractivity contribution in [2.45, 2.75) is 19.3 Å². The molecule has 256 valence electrons. The lowest BCUT2D eigenvalue weighted by molar-refractivity contribution is 0.360. The van der Waals surface area contributed by atoms with Gasteiger partial charge in [0.05, 0.1) is 0 Å². The molecule has 2 aromatic heterocycles. The first-order valence-electron chi connectivity index (χ1n) is 18.1. The average Bonchev–Trinajstić information content (AvgIpc) is 3.71. The number of nitrogens with zero attached hydrogens (tertiary/aromatic N) is 3. The summed E-state index contributed by atoms with van der Waals surface area (Å²) in [6.07, 6.45) is 0. The van der Waals surface area contributed by atoms with Crippen LogP contribution in [0.2, 0.25) is 0 Å². The van der Waals surface area contributed by atoms with E-state index in [2.05, 4.69) is 117 Å². The fourth-order valence-corrected chi connectivity index (χ4v) is 9.20. The Morgan fingerprint density at radius 1 is 0.444 bits per heavy atom. The molecule has 0 bridgehead atoms. The Hall–Kier alpha value is -6.63. The number of benzene rings is 7. The molecule has 0 radical (unpaired) electrons. The summed E-state index contributed by atoms with van der Waals surface area (Å²) < 4.78 is 15.7. The average molecular weight is 714 g/mol. The third-order valence-corrected chi connectivity index (χ3v) is 11.9. The van der Waals surface area contributed by atoms with Gasteiger partial charge in [0, 0.05) is 47.8 Å². The summed E-state index contributed by atoms with van der Waals surface area (Å²) in [6.45, 7) is 4.54. The molecule has 0 fully saturated rings. The molecule has 9 aromatic rings. The third-order valence-electron chi connectivity index (χ3n) is 10.8. The number of ether oxygens (including phenoxy) is 2. The summed E-state index contributed by atoms with van der Waals surface area (Å²) in [5.41, 5.74) is 9.56. The lowest BCUT2D eigenvalue weighted by Gasteiger charge is -2.25. The van der Waals surface area contributed by atoms with E-state index in [9.17, 15) is 0 Å². The van der Waals surface area contributed by atoms with E-state index in [1.54, 1.807) is 11.3 Å². The minimum atomic E-state index is -0.118. The minimum absolute atomic E-state index is 0.118. The number of thiophene rings is 1. The van der Waals surface area contributed by atoms with E-state index in [0.29, 0.717) is 29.0 Å². The second-order valence-corrected chi connectivity index (χ2v) is 15.5. The molecule has 54 heavy (non-hydrogen) atoms. The van der Waals surface area contributed by atoms with E-state index in [4.69, 9.17) is 24.4 Å². The van der Waals surface area contributed by atoms with Crippen LogP contribution in [0, 0.1) is 0 Å². The summed E-state index contributed by atoms with van der Waals surface area (Å²) in [4.78, 5) is 15.1. The zero-order chi connectivity index (χ0) is 36.0. The van der Waals surface area contributed by atoms with Crippen molar-refractivity contribution in [2.24, 2.45) is 0 Å². The van der Waals surface area contributed by atoms with Crippen LogP contribution in [0.15, 0.2) is 152 Å². The van der Waals surface area contributed by atoms with Crippen molar-refractivity contribution in [3.63, 3.8) is 0 Å². The molecule has 3 heterocycles. The molecule has 0 unspecified atom stereocenters. The molecule has 2 aliphatic rings. The number of rotatable bonds is 4. The Bertz CT molecular complexity index is 2990. The molecule has 5 nitrogen and oxygen atoms in total. The third kappa shape index (κ3) is 4.80. The van der Waals surface area contributed by atoms with Gasteiger partial charge >= 0.3 is 0 Å². The summed E-state index contributed by atoms with van der Waals surface area (Å²) in [6, 6.07) is 52.4. The van der Waals surface area contributed by atoms with Crippen LogP contribution in [0.1, 0.15) is 25.0 Å². The lowest BCUT2D eigenvalue weighted by Crippen LogP contribution is -2.15. The standard InChI is InChI=1S/C48H31N3O2S/c1-48(2)36-17-8-6-16-35(36)43-37(48)22-24-39-44(43)53-38-23-20-30(26-40(38)52-39)29-13-10-14-31(25-29)46-49-45(28-11-4-3-5-12-28)50-47(51-46)32-19-21-34-33-15-7-9-18-41(33)54-42(34)27-32/h3-27H,1-2H3. The van der Waals surface area contributed by atoms with Crippen LogP contribution in [0.25, 0.3) is 76.6 Å². The second-order valence-electron chi connectivity index (χ2n) is 14.4. The van der Waals surface area contributed by atoms with Crippen molar-refractivity contribution in [1.82, 2.24) is 15.0 Å². The maximum absolute atomic E-state index is 6.66. The molecule has 1 aliphatic carbocycles. The molecule has 1 aliphatic heterocycles. The topological polar surface area (TPSA) is 57.1 Å². The molecule has 11 rings (SSSR count). The fraction of sp³-hybridized carbons (Fsp3) is 0.0625. The first kappa shape index (κ1) is 30.9. The van der Waals surface area contributed by atoms with Gasteiger partial charge in [0.25, 0.3) is 0 Å². The van der Waals surface area contributed by atoms with Gasteiger partial charge in [-0.3, -0.25) is 0 Å². The van der Waals surface area contributed by atoms with E-state index < -0.39 is 0 Å². The number of hydrogen-bond acceptors (Lipinski definition) is 6. The highest BCUT2D eigenvalue weighted by Gasteiger charge is 2.39. The van der Waals surface area contributed by atoms with Gasteiger partial charge < -0.3 is 9.47 Å². The predicted molar refractivity (Wildman–Crippen MR) is 219 cm³/mol. The molecule has 0 amide bonds. The highest BCUT2D eigenvalue weighted by atomic mass is 32.1. The number of aromatic nitrogens is 3. The highest BCUT2D eigenvalue weighted by Crippen LogP contribution is 2.58. The molecule has 7 aromatic carbocycles. The summed E-state index contributed by atoms with van der Waals surface area (Å²) in [5.74, 6) is 4.76. The largest absolute Gasteiger partial charge is 0.449 e. The monoisotopic (exact) mass is 713 g/mol. The Morgan fingerprint density at radius 3 is 1.96 bits per heavy atom. The first-order valence-corrected chi connectivity index (χ1v) is 18.9. The Labute approximate surface area is 316 Å². The summed E-state index contributed by atoms with van der Waals surface area (Å²) in [5, 5.41) is 2.51. The van der Waals surface area contributed by atoms with Crippen LogP contribution >= 0.6 is 11.3 Å². The van der Waals surface area contributed by atoms with E-state index in [0.717, 1.165) is 44.9 Å². The van der Waals surface area contributed by atoms with Crippen molar-refractivity contribution in [2.75, 3.05) is 0 Å². The van der Waals surface area contributed by atoms with Crippen LogP contribution in [0.4, 0.5) is 0 Å². The number of fused-ring (bicyclic) bond motifs is 9. The summed E-state index contributed by atoms with van der Waals surface area (Å²) >= 11 is 1.79. The van der Waals surface area contributed by atoms with Crippen molar-refractivity contribution >= 4 is 31.5 Å². The van der Waals surface area contributed by atoms with Gasteiger partial charge in [0.2, 0.25) is 0 Å². The smallest absolute Gasteiger partial charge is 0.178 e. The molecular weight excluding hydrogens is 683 g/mol. The molecule has 0 spiro atoms. The van der Waals surface area contributed by atoms with Gasteiger partial charge in [-0.2, -0.15) is 0 Å². The van der Waals surface area contributed by atoms with Gasteiger partial charge in [-0.15, -0.1) is 11.3 Å². The van der Waals surface area contributed by atoms with Crippen molar-refractivity contribution in [1.29, 1.82) is 0 Å². The SMILES string of the molecule is CC1(C)c2ccccc2-c2c1ccc1c2Oc2ccc(-c3cccc(-c4nc(-c5ccccc5)nc(-c5ccc6c(c5)sc5ccccc56)n4)c3)cc2O1. The molecule has 6 heteroatoms. The van der Waals surface area contributed by atoms with Gasteiger partial charge in [0.1, 0.15) is 0 Å². The van der Waals surface area contributed by atoms with Crippen LogP contribution in [0.3, 0.4) is 0 Å². The normalized spacial score (nSPS) is 13.4. The zero-order valence-corrected chi connectivity index (χ0v) is 30.3. The Morgan fingerprint density at radius 2 is 1.09 bits per heavy atom. The van der Waals surface area contributed by atoms with Gasteiger partial charge in [-0.25, -0.2) is 15.0 Å². The van der Waals surface area contributed by atoms with Crippen LogP contribution in [-0.4, -0.2) is 15.0 Å². The Kier molecular flexibility index (Phi) is 6.70. The lowest BCUT2D eigenvalue weighted by atomic mass is 9.82. The molecular formula is C48H31N3O2S. The minimum Gasteiger partial charge on any atom is -0.449 e. The van der Waals surface area contributed by atoms with Crippen LogP contribution in [0.5, 0.6) is 23.0 Å². The van der Waals surface area contributed by atoms with E-state index >= 15 is 0 Å². The van der Waals surface area contributed by atoms with E-state index in [1.165, 1.54) is 36.9 Å². The Balaban J connectivity index is 0.970. The first-order chi connectivity index (χ1) is 26.5. The van der Waals surface area contributed by atoms with Crippen LogP contribution < -0.4 is 9.47 Å². The molecule has 0 N–H and O–H groups in total. The van der Waals surface area contributed by atoms with Crippen LogP contribution in [-0.2, 0) is 5.41 Å². The molecule has 0 saturated carbocycles. The van der Waals surface area contributed by atoms with E-state index in [1.807, 2.05) is 48.5 Å². The number of hydrogen-bond donors (Lipinski definition) is 0. The van der Waals surface area contributed by atoms with Gasteiger partial charge in [-0.1, -0.05) is 129 Å². The van der Waals surface area contributed by atoms with Crippen molar-refractivity contribution < 1.29 is 9.47 Å². The fourth-order valence-electron chi connectivity index (χ4n) is 8.06. The maximum Gasteiger partial charge on any atom is 0.178 e. The van der Waals surface area contributed by atoms with E-state index in [-0.39, 0.29) is 5.41 Å². The van der Waals surface area contributed by atoms with Gasteiger partial charge in [0.15, 0.2) is 40.5 Å². The predicted octanol–water partition coefficient (Wildman–Crippen LogP) is 13.1. The highest BCUT2D eigenvalue weighted by molar-refractivity contribution is 7.25. The zero-order valence-electron chi connectivity index (χ0n) is 29.5.